The van der Waals surface area contributed by atoms with Gasteiger partial charge in [0.15, 0.2) is 0 Å². The van der Waals surface area contributed by atoms with Gasteiger partial charge in [0.25, 0.3) is 0 Å². The molecule has 4 nitrogen and oxygen atoms in total. The third-order valence-electron chi connectivity index (χ3n) is 4.00. The summed E-state index contributed by atoms with van der Waals surface area (Å²) in [6.45, 7) is 11.6. The van der Waals surface area contributed by atoms with E-state index in [9.17, 15) is 5.11 Å². The van der Waals surface area contributed by atoms with Crippen LogP contribution in [0.4, 0.5) is 0 Å². The number of aliphatic hydroxyl groups is 1. The quantitative estimate of drug-likeness (QED) is 0.591. The Bertz CT molecular complexity index is 212. The highest BCUT2D eigenvalue weighted by atomic mass is 16.5. The molecule has 0 aromatic heterocycles. The van der Waals surface area contributed by atoms with Crippen molar-refractivity contribution in [3.63, 3.8) is 0 Å². The minimum absolute atomic E-state index is 0.259. The molecule has 2 N–H and O–H groups in total. The summed E-state index contributed by atoms with van der Waals surface area (Å²) < 4.78 is 5.54. The predicted molar refractivity (Wildman–Crippen MR) is 79.5 cm³/mol. The average molecular weight is 272 g/mol. The fourth-order valence-corrected chi connectivity index (χ4v) is 2.93. The molecule has 0 atom stereocenters. The first-order chi connectivity index (χ1) is 9.26. The third-order valence-corrected chi connectivity index (χ3v) is 4.00. The minimum Gasteiger partial charge on any atom is -0.395 e. The lowest BCUT2D eigenvalue weighted by atomic mass is 9.79. The Morgan fingerprint density at radius 2 is 1.89 bits per heavy atom. The average Bonchev–Trinajstić information content (AvgIpc) is 2.41. The first-order valence-corrected chi connectivity index (χ1v) is 7.88. The van der Waals surface area contributed by atoms with E-state index >= 15 is 0 Å². The standard InChI is InChI=1S/C15H32N2O2/c1-3-7-16-13-15(5-11-19-12-6-15)14-17(8-4-2)9-10-18/h16,18H,3-14H2,1-2H3. The highest BCUT2D eigenvalue weighted by molar-refractivity contribution is 4.87. The Morgan fingerprint density at radius 3 is 2.47 bits per heavy atom. The fraction of sp³-hybridized carbons (Fsp3) is 1.00. The zero-order valence-electron chi connectivity index (χ0n) is 12.8. The number of rotatable bonds is 10. The first-order valence-electron chi connectivity index (χ1n) is 7.88. The van der Waals surface area contributed by atoms with Crippen molar-refractivity contribution < 1.29 is 9.84 Å². The lowest BCUT2D eigenvalue weighted by Crippen LogP contribution is -2.48. The summed E-state index contributed by atoms with van der Waals surface area (Å²) in [5.41, 5.74) is 0.331. The Balaban J connectivity index is 2.55. The molecule has 1 fully saturated rings. The normalized spacial score (nSPS) is 18.9. The van der Waals surface area contributed by atoms with Crippen molar-refractivity contribution in [2.45, 2.75) is 39.5 Å². The molecule has 0 aliphatic carbocycles. The van der Waals surface area contributed by atoms with Crippen LogP contribution >= 0.6 is 0 Å². The van der Waals surface area contributed by atoms with Crippen molar-refractivity contribution in [3.8, 4) is 0 Å². The molecule has 0 unspecified atom stereocenters. The third kappa shape index (κ3) is 6.21. The van der Waals surface area contributed by atoms with Gasteiger partial charge in [-0.25, -0.2) is 0 Å². The summed E-state index contributed by atoms with van der Waals surface area (Å²) in [7, 11) is 0. The van der Waals surface area contributed by atoms with Crippen molar-refractivity contribution in [1.29, 1.82) is 0 Å². The molecular formula is C15H32N2O2. The first kappa shape index (κ1) is 16.9. The van der Waals surface area contributed by atoms with Crippen LogP contribution in [0.2, 0.25) is 0 Å². The number of nitrogens with zero attached hydrogens (tertiary/aromatic N) is 1. The van der Waals surface area contributed by atoms with E-state index < -0.39 is 0 Å². The van der Waals surface area contributed by atoms with E-state index in [1.165, 1.54) is 6.42 Å². The SMILES string of the molecule is CCCNCC1(CN(CCC)CCO)CCOCC1. The Hall–Kier alpha value is -0.160. The van der Waals surface area contributed by atoms with Crippen molar-refractivity contribution >= 4 is 0 Å². The molecule has 0 radical (unpaired) electrons. The van der Waals surface area contributed by atoms with Crippen LogP contribution in [-0.4, -0.2) is 62.6 Å². The maximum Gasteiger partial charge on any atom is 0.0558 e. The molecule has 1 saturated heterocycles. The van der Waals surface area contributed by atoms with E-state index in [2.05, 4.69) is 24.1 Å². The number of ether oxygens (including phenoxy) is 1. The largest absolute Gasteiger partial charge is 0.395 e. The van der Waals surface area contributed by atoms with Crippen LogP contribution < -0.4 is 5.32 Å². The van der Waals surface area contributed by atoms with Crippen LogP contribution in [0.5, 0.6) is 0 Å². The Kier molecular flexibility index (Phi) is 8.62. The second-order valence-corrected chi connectivity index (χ2v) is 5.79. The van der Waals surface area contributed by atoms with E-state index in [-0.39, 0.29) is 6.61 Å². The zero-order valence-corrected chi connectivity index (χ0v) is 12.8. The zero-order chi connectivity index (χ0) is 14.0. The van der Waals surface area contributed by atoms with Crippen molar-refractivity contribution in [1.82, 2.24) is 10.2 Å². The monoisotopic (exact) mass is 272 g/mol. The minimum atomic E-state index is 0.259. The van der Waals surface area contributed by atoms with E-state index in [1.54, 1.807) is 0 Å². The second kappa shape index (κ2) is 9.70. The van der Waals surface area contributed by atoms with Crippen LogP contribution in [0, 0.1) is 5.41 Å². The molecule has 4 heteroatoms. The maximum absolute atomic E-state index is 9.21. The molecule has 0 amide bonds. The smallest absolute Gasteiger partial charge is 0.0558 e. The van der Waals surface area contributed by atoms with Crippen molar-refractivity contribution in [2.75, 3.05) is 52.5 Å². The van der Waals surface area contributed by atoms with Gasteiger partial charge in [0.1, 0.15) is 0 Å². The van der Waals surface area contributed by atoms with Crippen LogP contribution in [0.3, 0.4) is 0 Å². The molecule has 1 heterocycles. The van der Waals surface area contributed by atoms with Crippen LogP contribution in [-0.2, 0) is 4.74 Å². The van der Waals surface area contributed by atoms with Crippen LogP contribution in [0.1, 0.15) is 39.5 Å². The summed E-state index contributed by atoms with van der Waals surface area (Å²) in [4.78, 5) is 2.42. The van der Waals surface area contributed by atoms with Gasteiger partial charge in [-0.05, 0) is 44.2 Å². The molecule has 114 valence electrons. The Labute approximate surface area is 118 Å². The summed E-state index contributed by atoms with van der Waals surface area (Å²) >= 11 is 0. The van der Waals surface area contributed by atoms with Gasteiger partial charge in [0.05, 0.1) is 6.61 Å². The van der Waals surface area contributed by atoms with E-state index in [1.807, 2.05) is 0 Å². The lowest BCUT2D eigenvalue weighted by molar-refractivity contribution is -0.00639. The molecule has 0 saturated carbocycles. The van der Waals surface area contributed by atoms with Gasteiger partial charge in [-0.1, -0.05) is 13.8 Å². The number of aliphatic hydroxyl groups excluding tert-OH is 1. The number of hydrogen-bond acceptors (Lipinski definition) is 4. The van der Waals surface area contributed by atoms with E-state index in [4.69, 9.17) is 4.74 Å². The van der Waals surface area contributed by atoms with Gasteiger partial charge in [0.2, 0.25) is 0 Å². The van der Waals surface area contributed by atoms with Gasteiger partial charge in [-0.2, -0.15) is 0 Å². The molecule has 0 aromatic carbocycles. The maximum atomic E-state index is 9.21. The molecular weight excluding hydrogens is 240 g/mol. The highest BCUT2D eigenvalue weighted by Crippen LogP contribution is 2.31. The van der Waals surface area contributed by atoms with Crippen LogP contribution in [0.15, 0.2) is 0 Å². The highest BCUT2D eigenvalue weighted by Gasteiger charge is 2.33. The topological polar surface area (TPSA) is 44.7 Å². The van der Waals surface area contributed by atoms with Crippen LogP contribution in [0.25, 0.3) is 0 Å². The molecule has 19 heavy (non-hydrogen) atoms. The van der Waals surface area contributed by atoms with Gasteiger partial charge in [0, 0.05) is 32.8 Å². The second-order valence-electron chi connectivity index (χ2n) is 5.79. The van der Waals surface area contributed by atoms with Gasteiger partial charge < -0.3 is 20.1 Å². The summed E-state index contributed by atoms with van der Waals surface area (Å²) in [6.07, 6.45) is 4.60. The molecule has 0 bridgehead atoms. The molecule has 1 aliphatic rings. The van der Waals surface area contributed by atoms with Gasteiger partial charge in [-0.3, -0.25) is 0 Å². The molecule has 0 spiro atoms. The van der Waals surface area contributed by atoms with E-state index in [0.717, 1.165) is 65.2 Å². The van der Waals surface area contributed by atoms with E-state index in [0.29, 0.717) is 5.41 Å². The molecule has 1 rings (SSSR count). The predicted octanol–water partition coefficient (Wildman–Crippen LogP) is 1.49. The van der Waals surface area contributed by atoms with Gasteiger partial charge in [-0.15, -0.1) is 0 Å². The number of hydrogen-bond donors (Lipinski definition) is 2. The fourth-order valence-electron chi connectivity index (χ4n) is 2.93. The summed E-state index contributed by atoms with van der Waals surface area (Å²) in [6, 6.07) is 0. The summed E-state index contributed by atoms with van der Waals surface area (Å²) in [5.74, 6) is 0. The molecule has 1 aliphatic heterocycles. The van der Waals surface area contributed by atoms with Crippen molar-refractivity contribution in [2.24, 2.45) is 5.41 Å². The molecule has 0 aromatic rings. The Morgan fingerprint density at radius 1 is 1.16 bits per heavy atom. The lowest BCUT2D eigenvalue weighted by Gasteiger charge is -2.41. The van der Waals surface area contributed by atoms with Crippen molar-refractivity contribution in [3.05, 3.63) is 0 Å². The number of nitrogens with one attached hydrogen (secondary N) is 1. The van der Waals surface area contributed by atoms with Gasteiger partial charge >= 0.3 is 0 Å². The summed E-state index contributed by atoms with van der Waals surface area (Å²) in [5, 5.41) is 12.8.